The maximum Gasteiger partial charge on any atom is 0.347 e. The molecule has 0 bridgehead atoms. The lowest BCUT2D eigenvalue weighted by molar-refractivity contribution is 0.0700. The van der Waals surface area contributed by atoms with Crippen LogP contribution in [0.5, 0.6) is 0 Å². The topological polar surface area (TPSA) is 63.3 Å². The Bertz CT molecular complexity index is 584. The summed E-state index contributed by atoms with van der Waals surface area (Å²) in [6.45, 7) is 3.83. The first-order valence-electron chi connectivity index (χ1n) is 5.09. The molecule has 2 aromatic rings. The number of furan rings is 1. The van der Waals surface area contributed by atoms with Crippen LogP contribution in [0, 0.1) is 0 Å². The summed E-state index contributed by atoms with van der Waals surface area (Å²) in [5.74, 6) is -0.344. The maximum atomic E-state index is 11.2. The van der Waals surface area contributed by atoms with Crippen LogP contribution in [-0.2, 0) is 0 Å². The predicted molar refractivity (Wildman–Crippen MR) is 76.3 cm³/mol. The average Bonchev–Trinajstić information content (AvgIpc) is 2.83. The number of rotatable bonds is 3. The Labute approximate surface area is 124 Å². The largest absolute Gasteiger partial charge is 0.477 e. The van der Waals surface area contributed by atoms with Crippen LogP contribution in [0.1, 0.15) is 35.1 Å². The molecular formula is C11H9Br2NO3S. The van der Waals surface area contributed by atoms with E-state index in [4.69, 9.17) is 9.52 Å². The first-order chi connectivity index (χ1) is 8.40. The lowest BCUT2D eigenvalue weighted by Gasteiger charge is -2.00. The van der Waals surface area contributed by atoms with E-state index < -0.39 is 5.97 Å². The van der Waals surface area contributed by atoms with Gasteiger partial charge in [0.05, 0.1) is 10.2 Å². The Kier molecular flexibility index (Phi) is 3.93. The number of carboxylic acid groups (broad SMARTS) is 1. The lowest BCUT2D eigenvalue weighted by atomic mass is 10.1. The SMILES string of the molecule is CC(C)c1nc(-c2cc(Br)c(Br)o2)sc1C(=O)O. The number of hydrogen-bond donors (Lipinski definition) is 1. The number of halogens is 2. The zero-order chi connectivity index (χ0) is 13.4. The van der Waals surface area contributed by atoms with Crippen molar-refractivity contribution in [1.82, 2.24) is 4.98 Å². The van der Waals surface area contributed by atoms with Crippen LogP contribution < -0.4 is 0 Å². The van der Waals surface area contributed by atoms with E-state index in [1.54, 1.807) is 6.07 Å². The van der Waals surface area contributed by atoms with Crippen molar-refractivity contribution in [3.05, 3.63) is 25.8 Å². The van der Waals surface area contributed by atoms with Crippen molar-refractivity contribution in [1.29, 1.82) is 0 Å². The van der Waals surface area contributed by atoms with Crippen LogP contribution in [0.25, 0.3) is 10.8 Å². The molecule has 2 aromatic heterocycles. The Balaban J connectivity index is 2.53. The minimum Gasteiger partial charge on any atom is -0.477 e. The van der Waals surface area contributed by atoms with Crippen molar-refractivity contribution in [3.63, 3.8) is 0 Å². The van der Waals surface area contributed by atoms with Crippen molar-refractivity contribution >= 4 is 49.2 Å². The van der Waals surface area contributed by atoms with E-state index in [-0.39, 0.29) is 10.8 Å². The van der Waals surface area contributed by atoms with Crippen molar-refractivity contribution in [2.45, 2.75) is 19.8 Å². The van der Waals surface area contributed by atoms with Crippen molar-refractivity contribution < 1.29 is 14.3 Å². The Morgan fingerprint density at radius 2 is 2.17 bits per heavy atom. The van der Waals surface area contributed by atoms with Gasteiger partial charge in [-0.1, -0.05) is 13.8 Å². The van der Waals surface area contributed by atoms with Gasteiger partial charge in [0.25, 0.3) is 0 Å². The standard InChI is InChI=1S/C11H9Br2NO3S/c1-4(2)7-8(11(15)16)18-10(14-7)6-3-5(12)9(13)17-6/h3-4H,1-2H3,(H,15,16). The fourth-order valence-electron chi connectivity index (χ4n) is 1.43. The fraction of sp³-hybridized carbons (Fsp3) is 0.273. The summed E-state index contributed by atoms with van der Waals surface area (Å²) in [5, 5.41) is 9.73. The van der Waals surface area contributed by atoms with Crippen molar-refractivity contribution in [2.24, 2.45) is 0 Å². The number of carboxylic acids is 1. The van der Waals surface area contributed by atoms with Gasteiger partial charge in [-0.2, -0.15) is 0 Å². The van der Waals surface area contributed by atoms with Crippen LogP contribution in [0.15, 0.2) is 19.6 Å². The minimum atomic E-state index is -0.952. The molecule has 0 aliphatic carbocycles. The summed E-state index contributed by atoms with van der Waals surface area (Å²) >= 11 is 7.68. The highest BCUT2D eigenvalue weighted by molar-refractivity contribution is 9.13. The second-order valence-corrected chi connectivity index (χ2v) is 6.50. The average molecular weight is 395 g/mol. The Hall–Kier alpha value is -0.660. The van der Waals surface area contributed by atoms with E-state index in [2.05, 4.69) is 36.8 Å². The van der Waals surface area contributed by atoms with Crippen LogP contribution in [0.2, 0.25) is 0 Å². The number of thiazole rings is 1. The van der Waals surface area contributed by atoms with Gasteiger partial charge in [-0.25, -0.2) is 9.78 Å². The molecule has 0 atom stereocenters. The van der Waals surface area contributed by atoms with Crippen LogP contribution in [0.3, 0.4) is 0 Å². The van der Waals surface area contributed by atoms with Gasteiger partial charge in [-0.15, -0.1) is 11.3 Å². The van der Waals surface area contributed by atoms with E-state index in [1.165, 1.54) is 0 Å². The molecule has 2 heterocycles. The normalized spacial score (nSPS) is 11.2. The molecule has 0 amide bonds. The Morgan fingerprint density at radius 1 is 1.50 bits per heavy atom. The molecule has 1 N–H and O–H groups in total. The quantitative estimate of drug-likeness (QED) is 0.815. The van der Waals surface area contributed by atoms with Gasteiger partial charge >= 0.3 is 5.97 Å². The third-order valence-electron chi connectivity index (χ3n) is 2.25. The number of nitrogens with zero attached hydrogens (tertiary/aromatic N) is 1. The zero-order valence-corrected chi connectivity index (χ0v) is 13.5. The van der Waals surface area contributed by atoms with Crippen molar-refractivity contribution in [2.75, 3.05) is 0 Å². The third kappa shape index (κ3) is 2.53. The predicted octanol–water partition coefficient (Wildman–Crippen LogP) is 4.75. The molecular weight excluding hydrogens is 386 g/mol. The van der Waals surface area contributed by atoms with Gasteiger partial charge in [0, 0.05) is 6.07 Å². The van der Waals surface area contributed by atoms with Gasteiger partial charge in [-0.3, -0.25) is 0 Å². The molecule has 7 heteroatoms. The summed E-state index contributed by atoms with van der Waals surface area (Å²) in [4.78, 5) is 15.8. The summed E-state index contributed by atoms with van der Waals surface area (Å²) in [6, 6.07) is 1.76. The number of aromatic carboxylic acids is 1. The van der Waals surface area contributed by atoms with E-state index in [9.17, 15) is 4.79 Å². The summed E-state index contributed by atoms with van der Waals surface area (Å²) < 4.78 is 6.79. The highest BCUT2D eigenvalue weighted by Crippen LogP contribution is 2.37. The molecule has 0 aromatic carbocycles. The van der Waals surface area contributed by atoms with Gasteiger partial charge in [0.15, 0.2) is 15.4 Å². The molecule has 96 valence electrons. The van der Waals surface area contributed by atoms with Gasteiger partial charge in [0.1, 0.15) is 4.88 Å². The molecule has 0 spiro atoms. The van der Waals surface area contributed by atoms with Crippen LogP contribution in [0.4, 0.5) is 0 Å². The molecule has 0 saturated carbocycles. The molecule has 0 aliphatic rings. The van der Waals surface area contributed by atoms with Crippen LogP contribution in [-0.4, -0.2) is 16.1 Å². The highest BCUT2D eigenvalue weighted by atomic mass is 79.9. The van der Waals surface area contributed by atoms with Gasteiger partial charge in [-0.05, 0) is 37.8 Å². The first kappa shape index (κ1) is 13.8. The van der Waals surface area contributed by atoms with E-state index in [0.717, 1.165) is 15.8 Å². The lowest BCUT2D eigenvalue weighted by Crippen LogP contribution is -2.00. The molecule has 4 nitrogen and oxygen atoms in total. The maximum absolute atomic E-state index is 11.2. The van der Waals surface area contributed by atoms with Crippen LogP contribution >= 0.6 is 43.2 Å². The Morgan fingerprint density at radius 3 is 2.56 bits per heavy atom. The summed E-state index contributed by atoms with van der Waals surface area (Å²) in [6.07, 6.45) is 0. The fourth-order valence-corrected chi connectivity index (χ4v) is 3.02. The number of hydrogen-bond acceptors (Lipinski definition) is 4. The van der Waals surface area contributed by atoms with E-state index in [0.29, 0.717) is 21.1 Å². The van der Waals surface area contributed by atoms with Gasteiger partial charge in [0.2, 0.25) is 0 Å². The molecule has 18 heavy (non-hydrogen) atoms. The molecule has 0 fully saturated rings. The summed E-state index contributed by atoms with van der Waals surface area (Å²) in [5.41, 5.74) is 0.589. The zero-order valence-electron chi connectivity index (χ0n) is 9.53. The first-order valence-corrected chi connectivity index (χ1v) is 7.49. The molecule has 0 unspecified atom stereocenters. The molecule has 2 rings (SSSR count). The van der Waals surface area contributed by atoms with Crippen molar-refractivity contribution in [3.8, 4) is 10.8 Å². The van der Waals surface area contributed by atoms with E-state index >= 15 is 0 Å². The second kappa shape index (κ2) is 5.14. The highest BCUT2D eigenvalue weighted by Gasteiger charge is 2.22. The number of aromatic nitrogens is 1. The molecule has 0 radical (unpaired) electrons. The third-order valence-corrected chi connectivity index (χ3v) is 5.03. The molecule has 0 saturated heterocycles. The monoisotopic (exact) mass is 393 g/mol. The second-order valence-electron chi connectivity index (χ2n) is 3.93. The van der Waals surface area contributed by atoms with Gasteiger partial charge < -0.3 is 9.52 Å². The minimum absolute atomic E-state index is 0.0583. The van der Waals surface area contributed by atoms with E-state index in [1.807, 2.05) is 13.8 Å². The number of carbonyl (C=O) groups is 1. The molecule has 0 aliphatic heterocycles. The smallest absolute Gasteiger partial charge is 0.347 e. The summed E-state index contributed by atoms with van der Waals surface area (Å²) in [7, 11) is 0.